The number of hydrogen-bond acceptors (Lipinski definition) is 9. The topological polar surface area (TPSA) is 97.8 Å². The Morgan fingerprint density at radius 1 is 1.11 bits per heavy atom. The van der Waals surface area contributed by atoms with E-state index >= 15 is 0 Å². The lowest BCUT2D eigenvalue weighted by Crippen LogP contribution is -2.60. The van der Waals surface area contributed by atoms with E-state index in [4.69, 9.17) is 14.2 Å². The molecule has 1 aromatic heterocycles. The second-order valence-electron chi connectivity index (χ2n) is 9.67. The van der Waals surface area contributed by atoms with Gasteiger partial charge < -0.3 is 29.7 Å². The standard InChI is InChI=1S/C25H34FN5O4/c1-24(2)13-17(14-25(3,4)31(24)11-10-21(32)35-7)28-22-18(26)15-27-23(30-22)29-16-8-9-19(33-5)20(12-16)34-6/h8-12,15,17H,13-14H2,1-7H3,(H2,27,28,29,30)/b11-10+. The molecule has 0 amide bonds. The smallest absolute Gasteiger partial charge is 0.331 e. The Kier molecular flexibility index (Phi) is 7.72. The quantitative estimate of drug-likeness (QED) is 0.412. The maximum absolute atomic E-state index is 14.7. The molecule has 1 fully saturated rings. The van der Waals surface area contributed by atoms with Gasteiger partial charge in [0.1, 0.15) is 0 Å². The Balaban J connectivity index is 1.78. The molecule has 190 valence electrons. The van der Waals surface area contributed by atoms with Crippen LogP contribution in [0.15, 0.2) is 36.7 Å². The lowest BCUT2D eigenvalue weighted by atomic mass is 9.77. The predicted octanol–water partition coefficient (Wildman–Crippen LogP) is 4.50. The Labute approximate surface area is 205 Å². The van der Waals surface area contributed by atoms with E-state index in [1.807, 2.05) is 0 Å². The summed E-state index contributed by atoms with van der Waals surface area (Å²) in [5.74, 6) is 0.575. The van der Waals surface area contributed by atoms with Crippen molar-refractivity contribution in [2.75, 3.05) is 32.0 Å². The van der Waals surface area contributed by atoms with Crippen molar-refractivity contribution in [1.29, 1.82) is 0 Å². The number of nitrogens with one attached hydrogen (secondary N) is 2. The molecular formula is C25H34FN5O4. The number of esters is 1. The van der Waals surface area contributed by atoms with Crippen LogP contribution in [0.3, 0.4) is 0 Å². The Morgan fingerprint density at radius 3 is 2.37 bits per heavy atom. The van der Waals surface area contributed by atoms with E-state index in [-0.39, 0.29) is 28.9 Å². The Morgan fingerprint density at radius 2 is 1.77 bits per heavy atom. The van der Waals surface area contributed by atoms with Gasteiger partial charge >= 0.3 is 5.97 Å². The summed E-state index contributed by atoms with van der Waals surface area (Å²) in [7, 11) is 4.47. The first kappa shape index (κ1) is 26.1. The van der Waals surface area contributed by atoms with Gasteiger partial charge in [-0.1, -0.05) is 0 Å². The van der Waals surface area contributed by atoms with Gasteiger partial charge in [0.2, 0.25) is 5.95 Å². The molecule has 2 aromatic rings. The minimum Gasteiger partial charge on any atom is -0.493 e. The van der Waals surface area contributed by atoms with Crippen molar-refractivity contribution in [2.45, 2.75) is 57.7 Å². The van der Waals surface area contributed by atoms with Crippen LogP contribution < -0.4 is 20.1 Å². The molecule has 1 saturated heterocycles. The van der Waals surface area contributed by atoms with Crippen molar-refractivity contribution in [3.8, 4) is 11.5 Å². The summed E-state index contributed by atoms with van der Waals surface area (Å²) in [6.07, 6.45) is 5.74. The molecule has 2 heterocycles. The number of likely N-dealkylation sites (tertiary alicyclic amines) is 1. The van der Waals surface area contributed by atoms with Crippen LogP contribution in [0.2, 0.25) is 0 Å². The molecule has 0 spiro atoms. The normalized spacial score (nSPS) is 17.2. The zero-order valence-corrected chi connectivity index (χ0v) is 21.3. The van der Waals surface area contributed by atoms with Crippen LogP contribution in [0.1, 0.15) is 40.5 Å². The highest BCUT2D eigenvalue weighted by atomic mass is 19.1. The fraction of sp³-hybridized carbons (Fsp3) is 0.480. The van der Waals surface area contributed by atoms with Crippen molar-refractivity contribution < 1.29 is 23.4 Å². The summed E-state index contributed by atoms with van der Waals surface area (Å²) in [5.41, 5.74) is 0.0516. The summed E-state index contributed by atoms with van der Waals surface area (Å²) < 4.78 is 30.0. The average Bonchev–Trinajstić information content (AvgIpc) is 2.79. The van der Waals surface area contributed by atoms with E-state index in [9.17, 15) is 9.18 Å². The number of halogens is 1. The molecule has 0 saturated carbocycles. The Bertz CT molecular complexity index is 1070. The molecule has 35 heavy (non-hydrogen) atoms. The van der Waals surface area contributed by atoms with E-state index in [2.05, 4.69) is 53.2 Å². The predicted molar refractivity (Wildman–Crippen MR) is 133 cm³/mol. The third-order valence-corrected chi connectivity index (χ3v) is 6.08. The van der Waals surface area contributed by atoms with Crippen molar-refractivity contribution in [2.24, 2.45) is 0 Å². The molecule has 1 aliphatic heterocycles. The molecule has 2 N–H and O–H groups in total. The summed E-state index contributed by atoms with van der Waals surface area (Å²) in [6.45, 7) is 8.35. The lowest BCUT2D eigenvalue weighted by Gasteiger charge is -2.55. The van der Waals surface area contributed by atoms with Crippen LogP contribution in [0.25, 0.3) is 0 Å². The molecule has 0 radical (unpaired) electrons. The van der Waals surface area contributed by atoms with Crippen LogP contribution in [0.4, 0.5) is 21.8 Å². The highest BCUT2D eigenvalue weighted by Crippen LogP contribution is 2.40. The minimum absolute atomic E-state index is 0.0545. The molecule has 1 aliphatic rings. The summed E-state index contributed by atoms with van der Waals surface area (Å²) in [5, 5.41) is 6.35. The van der Waals surface area contributed by atoms with E-state index in [1.54, 1.807) is 38.6 Å². The van der Waals surface area contributed by atoms with Crippen LogP contribution in [-0.2, 0) is 9.53 Å². The molecule has 0 bridgehead atoms. The fourth-order valence-corrected chi connectivity index (χ4v) is 4.77. The first-order chi connectivity index (χ1) is 16.5. The van der Waals surface area contributed by atoms with Gasteiger partial charge in [0.15, 0.2) is 23.1 Å². The maximum Gasteiger partial charge on any atom is 0.331 e. The van der Waals surface area contributed by atoms with Crippen LogP contribution in [0, 0.1) is 5.82 Å². The molecule has 9 nitrogen and oxygen atoms in total. The number of ether oxygens (including phenoxy) is 3. The third-order valence-electron chi connectivity index (χ3n) is 6.08. The van der Waals surface area contributed by atoms with E-state index in [0.29, 0.717) is 30.0 Å². The fourth-order valence-electron chi connectivity index (χ4n) is 4.77. The zero-order valence-electron chi connectivity index (χ0n) is 21.3. The first-order valence-corrected chi connectivity index (χ1v) is 11.3. The number of hydrogen-bond donors (Lipinski definition) is 2. The van der Waals surface area contributed by atoms with Crippen LogP contribution in [-0.4, -0.2) is 59.3 Å². The molecule has 1 aromatic carbocycles. The molecule has 0 atom stereocenters. The van der Waals surface area contributed by atoms with Gasteiger partial charge in [0.25, 0.3) is 0 Å². The number of anilines is 3. The monoisotopic (exact) mass is 487 g/mol. The SMILES string of the molecule is COC(=O)/C=C/N1C(C)(C)CC(Nc2nc(Nc3ccc(OC)c(OC)c3)ncc2F)CC1(C)C. The average molecular weight is 488 g/mol. The second-order valence-corrected chi connectivity index (χ2v) is 9.67. The van der Waals surface area contributed by atoms with E-state index < -0.39 is 11.8 Å². The van der Waals surface area contributed by atoms with Gasteiger partial charge in [-0.3, -0.25) is 0 Å². The van der Waals surface area contributed by atoms with Crippen molar-refractivity contribution in [1.82, 2.24) is 14.9 Å². The number of methoxy groups -OCH3 is 3. The summed E-state index contributed by atoms with van der Waals surface area (Å²) in [6, 6.07) is 5.25. The van der Waals surface area contributed by atoms with Crippen LogP contribution in [0.5, 0.6) is 11.5 Å². The van der Waals surface area contributed by atoms with Gasteiger partial charge in [-0.05, 0) is 52.7 Å². The molecule has 0 unspecified atom stereocenters. The largest absolute Gasteiger partial charge is 0.493 e. The van der Waals surface area contributed by atoms with Gasteiger partial charge in [-0.25, -0.2) is 14.2 Å². The van der Waals surface area contributed by atoms with Crippen LogP contribution >= 0.6 is 0 Å². The van der Waals surface area contributed by atoms with Crippen molar-refractivity contribution in [3.63, 3.8) is 0 Å². The van der Waals surface area contributed by atoms with Gasteiger partial charge in [-0.15, -0.1) is 0 Å². The number of benzene rings is 1. The number of aromatic nitrogens is 2. The van der Waals surface area contributed by atoms with Crippen molar-refractivity contribution in [3.05, 3.63) is 42.5 Å². The Hall–Kier alpha value is -3.56. The van der Waals surface area contributed by atoms with Gasteiger partial charge in [0, 0.05) is 41.1 Å². The summed E-state index contributed by atoms with van der Waals surface area (Å²) >= 11 is 0. The van der Waals surface area contributed by atoms with Gasteiger partial charge in [-0.2, -0.15) is 4.98 Å². The van der Waals surface area contributed by atoms with E-state index in [1.165, 1.54) is 13.2 Å². The molecule has 0 aliphatic carbocycles. The number of piperidine rings is 1. The summed E-state index contributed by atoms with van der Waals surface area (Å²) in [4.78, 5) is 22.2. The van der Waals surface area contributed by atoms with E-state index in [0.717, 1.165) is 6.20 Å². The molecular weight excluding hydrogens is 453 g/mol. The van der Waals surface area contributed by atoms with Crippen molar-refractivity contribution >= 4 is 23.4 Å². The van der Waals surface area contributed by atoms with Gasteiger partial charge in [0.05, 0.1) is 27.5 Å². The highest BCUT2D eigenvalue weighted by Gasteiger charge is 2.44. The number of nitrogens with zero attached hydrogens (tertiary/aromatic N) is 3. The molecule has 10 heteroatoms. The highest BCUT2D eigenvalue weighted by molar-refractivity contribution is 5.81. The second kappa shape index (κ2) is 10.4. The number of rotatable bonds is 8. The lowest BCUT2D eigenvalue weighted by molar-refractivity contribution is -0.135. The third kappa shape index (κ3) is 6.12. The molecule has 3 rings (SSSR count). The minimum atomic E-state index is -0.536. The number of carbonyl (C=O) groups excluding carboxylic acids is 1. The maximum atomic E-state index is 14.7. The zero-order chi connectivity index (χ0) is 25.8. The number of carbonyl (C=O) groups is 1. The first-order valence-electron chi connectivity index (χ1n) is 11.3.